The predicted octanol–water partition coefficient (Wildman–Crippen LogP) is 3.32. The number of carbonyl (C=O) groups excluding carboxylic acids is 1. The van der Waals surface area contributed by atoms with Gasteiger partial charge in [0.25, 0.3) is 5.91 Å². The van der Waals surface area contributed by atoms with Crippen LogP contribution in [0.15, 0.2) is 36.0 Å². The number of hydrogen-bond donors (Lipinski definition) is 1. The van der Waals surface area contributed by atoms with E-state index in [9.17, 15) is 4.79 Å². The molecule has 8 heteroatoms. The number of pyridine rings is 1. The number of nitrogens with zero attached hydrogens (tertiary/aromatic N) is 5. The summed E-state index contributed by atoms with van der Waals surface area (Å²) >= 11 is 1.55. The van der Waals surface area contributed by atoms with Crippen LogP contribution in [0, 0.1) is 13.8 Å². The Kier molecular flexibility index (Phi) is 4.81. The van der Waals surface area contributed by atoms with E-state index in [-0.39, 0.29) is 11.8 Å². The fourth-order valence-corrected chi connectivity index (χ4v) is 3.88. The Labute approximate surface area is 161 Å². The number of likely N-dealkylation sites (tertiary alicyclic amines) is 1. The highest BCUT2D eigenvalue weighted by atomic mass is 32.1. The molecule has 138 valence electrons. The lowest BCUT2D eigenvalue weighted by atomic mass is 10.1. The summed E-state index contributed by atoms with van der Waals surface area (Å²) in [7, 11) is 0. The Balaban J connectivity index is 1.49. The predicted molar refractivity (Wildman–Crippen MR) is 104 cm³/mol. The molecule has 0 saturated carbocycles. The van der Waals surface area contributed by atoms with Gasteiger partial charge in [0.1, 0.15) is 11.6 Å². The second-order valence-electron chi connectivity index (χ2n) is 6.65. The Hall–Kier alpha value is -2.87. The summed E-state index contributed by atoms with van der Waals surface area (Å²) in [6, 6.07) is 5.49. The van der Waals surface area contributed by atoms with Gasteiger partial charge in [-0.05, 0) is 32.4 Å². The number of thiazole rings is 1. The van der Waals surface area contributed by atoms with E-state index in [0.717, 1.165) is 34.6 Å². The Morgan fingerprint density at radius 1 is 1.26 bits per heavy atom. The number of anilines is 2. The molecule has 1 fully saturated rings. The Morgan fingerprint density at radius 3 is 2.89 bits per heavy atom. The van der Waals surface area contributed by atoms with Gasteiger partial charge in [-0.25, -0.2) is 15.0 Å². The van der Waals surface area contributed by atoms with Crippen LogP contribution in [0.25, 0.3) is 0 Å². The van der Waals surface area contributed by atoms with Crippen molar-refractivity contribution in [3.8, 4) is 0 Å². The molecule has 1 N–H and O–H groups in total. The molecule has 3 aromatic heterocycles. The first-order valence-corrected chi connectivity index (χ1v) is 9.70. The normalized spacial score (nSPS) is 16.5. The van der Waals surface area contributed by atoms with Gasteiger partial charge < -0.3 is 10.2 Å². The maximum Gasteiger partial charge on any atom is 0.255 e. The van der Waals surface area contributed by atoms with E-state index in [1.165, 1.54) is 0 Å². The van der Waals surface area contributed by atoms with Crippen molar-refractivity contribution in [1.29, 1.82) is 0 Å². The fourth-order valence-electron chi connectivity index (χ4n) is 3.19. The molecule has 0 aromatic carbocycles. The summed E-state index contributed by atoms with van der Waals surface area (Å²) in [5.41, 5.74) is 2.49. The summed E-state index contributed by atoms with van der Waals surface area (Å²) in [4.78, 5) is 32.2. The van der Waals surface area contributed by atoms with Gasteiger partial charge in [0.05, 0.1) is 11.3 Å². The topological polar surface area (TPSA) is 83.9 Å². The van der Waals surface area contributed by atoms with Crippen molar-refractivity contribution in [2.75, 3.05) is 18.4 Å². The molecule has 1 aliphatic heterocycles. The molecule has 3 aromatic rings. The van der Waals surface area contributed by atoms with Gasteiger partial charge in [0, 0.05) is 48.5 Å². The number of rotatable bonds is 4. The van der Waals surface area contributed by atoms with E-state index in [0.29, 0.717) is 18.7 Å². The van der Waals surface area contributed by atoms with E-state index >= 15 is 0 Å². The zero-order chi connectivity index (χ0) is 18.8. The molecule has 4 heterocycles. The largest absolute Gasteiger partial charge is 0.338 e. The zero-order valence-electron chi connectivity index (χ0n) is 15.2. The van der Waals surface area contributed by atoms with Crippen molar-refractivity contribution < 1.29 is 4.79 Å². The molecule has 1 aliphatic rings. The molecular weight excluding hydrogens is 360 g/mol. The van der Waals surface area contributed by atoms with Crippen LogP contribution < -0.4 is 5.32 Å². The molecule has 1 saturated heterocycles. The maximum absolute atomic E-state index is 12.6. The lowest BCUT2D eigenvalue weighted by Crippen LogP contribution is -2.28. The van der Waals surface area contributed by atoms with Gasteiger partial charge in [0.2, 0.25) is 0 Å². The molecule has 1 atom stereocenters. The highest BCUT2D eigenvalue weighted by Crippen LogP contribution is 2.28. The second-order valence-corrected chi connectivity index (χ2v) is 7.51. The maximum atomic E-state index is 12.6. The van der Waals surface area contributed by atoms with Crippen molar-refractivity contribution in [3.05, 3.63) is 58.7 Å². The average Bonchev–Trinajstić information content (AvgIpc) is 3.31. The van der Waals surface area contributed by atoms with Crippen LogP contribution in [0.2, 0.25) is 0 Å². The molecule has 4 rings (SSSR count). The highest BCUT2D eigenvalue weighted by Gasteiger charge is 2.30. The summed E-state index contributed by atoms with van der Waals surface area (Å²) in [5, 5.41) is 6.07. The van der Waals surface area contributed by atoms with E-state index in [4.69, 9.17) is 0 Å². The number of amides is 1. The summed E-state index contributed by atoms with van der Waals surface area (Å²) in [6.07, 6.45) is 4.13. The summed E-state index contributed by atoms with van der Waals surface area (Å²) < 4.78 is 0. The highest BCUT2D eigenvalue weighted by molar-refractivity contribution is 7.13. The molecule has 27 heavy (non-hydrogen) atoms. The molecule has 0 unspecified atom stereocenters. The summed E-state index contributed by atoms with van der Waals surface area (Å²) in [5.74, 6) is 1.65. The Bertz CT molecular complexity index is 958. The first-order valence-electron chi connectivity index (χ1n) is 8.82. The average molecular weight is 380 g/mol. The monoisotopic (exact) mass is 380 g/mol. The third-order valence-corrected chi connectivity index (χ3v) is 5.35. The lowest BCUT2D eigenvalue weighted by molar-refractivity contribution is 0.0790. The van der Waals surface area contributed by atoms with Crippen LogP contribution in [-0.4, -0.2) is 43.8 Å². The van der Waals surface area contributed by atoms with Gasteiger partial charge in [-0.2, -0.15) is 0 Å². The fraction of sp³-hybridized carbons (Fsp3) is 0.316. The van der Waals surface area contributed by atoms with Gasteiger partial charge in [-0.15, -0.1) is 11.3 Å². The van der Waals surface area contributed by atoms with Crippen LogP contribution >= 0.6 is 11.3 Å². The number of nitrogens with one attached hydrogen (secondary N) is 1. The SMILES string of the molecule is Cc1cc(Nc2nc(C)cs2)nc([C@H]2CCN(C(=O)c3cccnc3)C2)n1. The van der Waals surface area contributed by atoms with E-state index in [2.05, 4.69) is 25.3 Å². The smallest absolute Gasteiger partial charge is 0.255 e. The number of hydrogen-bond acceptors (Lipinski definition) is 7. The van der Waals surface area contributed by atoms with E-state index in [1.54, 1.807) is 35.9 Å². The third-order valence-electron chi connectivity index (χ3n) is 4.47. The lowest BCUT2D eigenvalue weighted by Gasteiger charge is -2.16. The number of aryl methyl sites for hydroxylation is 2. The minimum absolute atomic E-state index is 0.00913. The zero-order valence-corrected chi connectivity index (χ0v) is 16.0. The van der Waals surface area contributed by atoms with Crippen molar-refractivity contribution >= 4 is 28.2 Å². The van der Waals surface area contributed by atoms with Crippen LogP contribution in [0.4, 0.5) is 10.9 Å². The summed E-state index contributed by atoms with van der Waals surface area (Å²) in [6.45, 7) is 5.23. The Morgan fingerprint density at radius 2 is 2.15 bits per heavy atom. The standard InChI is InChI=1S/C19H20N6OS/c1-12-8-16(24-19-22-13(2)11-27-19)23-17(21-12)15-5-7-25(10-15)18(26)14-4-3-6-20-9-14/h3-4,6,8-9,11,15H,5,7,10H2,1-2H3,(H,21,22,23,24)/t15-/m0/s1. The minimum atomic E-state index is 0.00913. The van der Waals surface area contributed by atoms with Gasteiger partial charge >= 0.3 is 0 Å². The quantitative estimate of drug-likeness (QED) is 0.747. The number of aromatic nitrogens is 4. The minimum Gasteiger partial charge on any atom is -0.338 e. The van der Waals surface area contributed by atoms with Crippen LogP contribution in [0.5, 0.6) is 0 Å². The van der Waals surface area contributed by atoms with Crippen molar-refractivity contribution in [2.45, 2.75) is 26.2 Å². The van der Waals surface area contributed by atoms with Gasteiger partial charge in [-0.3, -0.25) is 9.78 Å². The molecule has 0 bridgehead atoms. The molecule has 0 aliphatic carbocycles. The molecule has 0 spiro atoms. The third kappa shape index (κ3) is 3.95. The van der Waals surface area contributed by atoms with E-state index < -0.39 is 0 Å². The van der Waals surface area contributed by atoms with Crippen molar-refractivity contribution in [3.63, 3.8) is 0 Å². The van der Waals surface area contributed by atoms with Crippen LogP contribution in [0.3, 0.4) is 0 Å². The molecule has 7 nitrogen and oxygen atoms in total. The van der Waals surface area contributed by atoms with Crippen LogP contribution in [0.1, 0.15) is 39.9 Å². The van der Waals surface area contributed by atoms with Crippen molar-refractivity contribution in [2.24, 2.45) is 0 Å². The van der Waals surface area contributed by atoms with E-state index in [1.807, 2.05) is 30.2 Å². The first-order chi connectivity index (χ1) is 13.1. The van der Waals surface area contributed by atoms with Crippen LogP contribution in [-0.2, 0) is 0 Å². The first kappa shape index (κ1) is 17.5. The van der Waals surface area contributed by atoms with Gasteiger partial charge in [0.15, 0.2) is 5.13 Å². The van der Waals surface area contributed by atoms with Gasteiger partial charge in [-0.1, -0.05) is 0 Å². The molecule has 0 radical (unpaired) electrons. The van der Waals surface area contributed by atoms with Crippen molar-refractivity contribution in [1.82, 2.24) is 24.8 Å². The molecule has 1 amide bonds. The number of carbonyl (C=O) groups is 1. The molecular formula is C19H20N6OS. The second kappa shape index (κ2) is 7.40.